The first kappa shape index (κ1) is 21.2. The second-order valence-electron chi connectivity index (χ2n) is 8.38. The van der Waals surface area contributed by atoms with Crippen LogP contribution in [0.15, 0.2) is 42.5 Å². The topological polar surface area (TPSA) is 65.1 Å². The van der Waals surface area contributed by atoms with Gasteiger partial charge in [0.15, 0.2) is 0 Å². The molecule has 2 amide bonds. The second-order valence-corrected chi connectivity index (χ2v) is 8.38. The van der Waals surface area contributed by atoms with Crippen LogP contribution in [-0.4, -0.2) is 63.6 Å². The van der Waals surface area contributed by atoms with Crippen LogP contribution in [0.1, 0.15) is 12.0 Å². The maximum Gasteiger partial charge on any atom is 0.229 e. The summed E-state index contributed by atoms with van der Waals surface area (Å²) in [5.74, 6) is 0.0548. The van der Waals surface area contributed by atoms with E-state index in [9.17, 15) is 9.59 Å². The van der Waals surface area contributed by atoms with Gasteiger partial charge in [-0.3, -0.25) is 9.59 Å². The smallest absolute Gasteiger partial charge is 0.229 e. The van der Waals surface area contributed by atoms with Crippen LogP contribution in [-0.2, 0) is 9.59 Å². The minimum atomic E-state index is -0.404. The zero-order valence-corrected chi connectivity index (χ0v) is 18.4. The summed E-state index contributed by atoms with van der Waals surface area (Å²) in [5, 5.41) is 3.09. The number of benzene rings is 2. The van der Waals surface area contributed by atoms with Gasteiger partial charge in [-0.1, -0.05) is 18.2 Å². The SMILES string of the molecule is COc1ccc(C)cc1N1CC(C(=O)Nc2ccccc2N2CCN(C)CC2)CC1=O. The molecule has 7 heteroatoms. The summed E-state index contributed by atoms with van der Waals surface area (Å²) in [6.45, 7) is 6.15. The number of piperazine rings is 1. The summed E-state index contributed by atoms with van der Waals surface area (Å²) >= 11 is 0. The van der Waals surface area contributed by atoms with Gasteiger partial charge in [-0.05, 0) is 43.8 Å². The highest BCUT2D eigenvalue weighted by Gasteiger charge is 2.36. The summed E-state index contributed by atoms with van der Waals surface area (Å²) in [5.41, 5.74) is 3.60. The fraction of sp³-hybridized carbons (Fsp3) is 0.417. The van der Waals surface area contributed by atoms with E-state index >= 15 is 0 Å². The zero-order chi connectivity index (χ0) is 22.0. The molecule has 0 spiro atoms. The van der Waals surface area contributed by atoms with Crippen LogP contribution in [0, 0.1) is 12.8 Å². The third kappa shape index (κ3) is 4.51. The normalized spacial score (nSPS) is 19.6. The third-order valence-electron chi connectivity index (χ3n) is 6.13. The molecule has 1 atom stereocenters. The van der Waals surface area contributed by atoms with Gasteiger partial charge in [0.1, 0.15) is 5.75 Å². The van der Waals surface area contributed by atoms with Crippen LogP contribution in [0.3, 0.4) is 0 Å². The number of carbonyl (C=O) groups excluding carboxylic acids is 2. The molecular weight excluding hydrogens is 392 g/mol. The lowest BCUT2D eigenvalue weighted by Crippen LogP contribution is -2.44. The molecule has 31 heavy (non-hydrogen) atoms. The summed E-state index contributed by atoms with van der Waals surface area (Å²) in [4.78, 5) is 32.1. The maximum atomic E-state index is 13.1. The largest absolute Gasteiger partial charge is 0.495 e. The number of aryl methyl sites for hydroxylation is 1. The number of rotatable bonds is 5. The van der Waals surface area contributed by atoms with Gasteiger partial charge in [0.25, 0.3) is 0 Å². The molecule has 0 saturated carbocycles. The lowest BCUT2D eigenvalue weighted by Gasteiger charge is -2.35. The van der Waals surface area contributed by atoms with Crippen molar-refractivity contribution in [1.29, 1.82) is 0 Å². The van der Waals surface area contributed by atoms with E-state index in [2.05, 4.69) is 22.2 Å². The van der Waals surface area contributed by atoms with Gasteiger partial charge in [-0.25, -0.2) is 0 Å². The minimum absolute atomic E-state index is 0.0589. The first-order valence-corrected chi connectivity index (χ1v) is 10.7. The molecule has 2 fully saturated rings. The molecule has 0 aromatic heterocycles. The molecule has 7 nitrogen and oxygen atoms in total. The molecule has 4 rings (SSSR count). The molecular formula is C24H30N4O3. The van der Waals surface area contributed by atoms with Gasteiger partial charge in [0.2, 0.25) is 11.8 Å². The van der Waals surface area contributed by atoms with E-state index in [1.807, 2.05) is 49.4 Å². The highest BCUT2D eigenvalue weighted by molar-refractivity contribution is 6.05. The maximum absolute atomic E-state index is 13.1. The van der Waals surface area contributed by atoms with Crippen molar-refractivity contribution in [2.24, 2.45) is 5.92 Å². The third-order valence-corrected chi connectivity index (χ3v) is 6.13. The molecule has 2 heterocycles. The van der Waals surface area contributed by atoms with Crippen LogP contribution < -0.4 is 19.9 Å². The first-order valence-electron chi connectivity index (χ1n) is 10.7. The Morgan fingerprint density at radius 1 is 1.06 bits per heavy atom. The van der Waals surface area contributed by atoms with E-state index in [-0.39, 0.29) is 18.2 Å². The van der Waals surface area contributed by atoms with Crippen LogP contribution in [0.4, 0.5) is 17.1 Å². The number of para-hydroxylation sites is 2. The number of ether oxygens (including phenoxy) is 1. The van der Waals surface area contributed by atoms with Gasteiger partial charge < -0.3 is 24.8 Å². The lowest BCUT2D eigenvalue weighted by molar-refractivity contribution is -0.122. The van der Waals surface area contributed by atoms with Gasteiger partial charge in [0, 0.05) is 39.1 Å². The fourth-order valence-corrected chi connectivity index (χ4v) is 4.26. The zero-order valence-electron chi connectivity index (χ0n) is 18.4. The van der Waals surface area contributed by atoms with Gasteiger partial charge in [0.05, 0.1) is 30.1 Å². The standard InChI is InChI=1S/C24H30N4O3/c1-17-8-9-22(31-3)21(14-17)28-16-18(15-23(28)29)24(30)25-19-6-4-5-7-20(19)27-12-10-26(2)11-13-27/h4-9,14,18H,10-13,15-16H2,1-3H3,(H,25,30). The van der Waals surface area contributed by atoms with Crippen LogP contribution in [0.5, 0.6) is 5.75 Å². The van der Waals surface area contributed by atoms with Crippen LogP contribution >= 0.6 is 0 Å². The average molecular weight is 423 g/mol. The molecule has 164 valence electrons. The van der Waals surface area contributed by atoms with Crippen molar-refractivity contribution >= 4 is 28.9 Å². The van der Waals surface area contributed by atoms with Gasteiger partial charge in [-0.15, -0.1) is 0 Å². The number of hydrogen-bond donors (Lipinski definition) is 1. The van der Waals surface area contributed by atoms with E-state index < -0.39 is 5.92 Å². The highest BCUT2D eigenvalue weighted by atomic mass is 16.5. The van der Waals surface area contributed by atoms with Crippen molar-refractivity contribution in [1.82, 2.24) is 4.90 Å². The Morgan fingerprint density at radius 3 is 2.55 bits per heavy atom. The number of nitrogens with zero attached hydrogens (tertiary/aromatic N) is 3. The Balaban J connectivity index is 1.48. The van der Waals surface area contributed by atoms with E-state index in [0.29, 0.717) is 12.3 Å². The molecule has 0 bridgehead atoms. The molecule has 2 aromatic rings. The Morgan fingerprint density at radius 2 is 1.81 bits per heavy atom. The van der Waals surface area contributed by atoms with Crippen molar-refractivity contribution < 1.29 is 14.3 Å². The molecule has 2 aliphatic rings. The molecule has 2 aliphatic heterocycles. The molecule has 1 unspecified atom stereocenters. The Labute approximate surface area is 183 Å². The quantitative estimate of drug-likeness (QED) is 0.803. The number of nitrogens with one attached hydrogen (secondary N) is 1. The summed E-state index contributed by atoms with van der Waals surface area (Å²) in [6.07, 6.45) is 0.194. The first-order chi connectivity index (χ1) is 15.0. The van der Waals surface area contributed by atoms with Crippen molar-refractivity contribution in [2.75, 3.05) is 62.0 Å². The molecule has 0 aliphatic carbocycles. The van der Waals surface area contributed by atoms with Gasteiger partial charge in [-0.2, -0.15) is 0 Å². The predicted molar refractivity (Wildman–Crippen MR) is 123 cm³/mol. The molecule has 1 N–H and O–H groups in total. The van der Waals surface area contributed by atoms with Crippen LogP contribution in [0.2, 0.25) is 0 Å². The van der Waals surface area contributed by atoms with Crippen molar-refractivity contribution in [2.45, 2.75) is 13.3 Å². The molecule has 0 radical (unpaired) electrons. The predicted octanol–water partition coefficient (Wildman–Crippen LogP) is 2.75. The van der Waals surface area contributed by atoms with E-state index in [0.717, 1.165) is 48.8 Å². The summed E-state index contributed by atoms with van der Waals surface area (Å²) < 4.78 is 5.44. The van der Waals surface area contributed by atoms with Gasteiger partial charge >= 0.3 is 0 Å². The highest BCUT2D eigenvalue weighted by Crippen LogP contribution is 2.35. The van der Waals surface area contributed by atoms with Crippen LogP contribution in [0.25, 0.3) is 0 Å². The lowest BCUT2D eigenvalue weighted by atomic mass is 10.1. The number of hydrogen-bond acceptors (Lipinski definition) is 5. The molecule has 2 aromatic carbocycles. The second kappa shape index (κ2) is 8.98. The average Bonchev–Trinajstić information content (AvgIpc) is 3.16. The monoisotopic (exact) mass is 422 g/mol. The Kier molecular flexibility index (Phi) is 6.13. The molecule has 2 saturated heterocycles. The number of methoxy groups -OCH3 is 1. The van der Waals surface area contributed by atoms with Crippen molar-refractivity contribution in [3.63, 3.8) is 0 Å². The van der Waals surface area contributed by atoms with E-state index in [1.54, 1.807) is 12.0 Å². The summed E-state index contributed by atoms with van der Waals surface area (Å²) in [6, 6.07) is 13.6. The Hall–Kier alpha value is -3.06. The number of anilines is 3. The summed E-state index contributed by atoms with van der Waals surface area (Å²) in [7, 11) is 3.71. The van der Waals surface area contributed by atoms with E-state index in [1.165, 1.54) is 0 Å². The van der Waals surface area contributed by atoms with Crippen molar-refractivity contribution in [3.05, 3.63) is 48.0 Å². The number of likely N-dealkylation sites (N-methyl/N-ethyl adjacent to an activating group) is 1. The fourth-order valence-electron chi connectivity index (χ4n) is 4.26. The van der Waals surface area contributed by atoms with Crippen molar-refractivity contribution in [3.8, 4) is 5.75 Å². The van der Waals surface area contributed by atoms with E-state index in [4.69, 9.17) is 4.74 Å². The number of amides is 2. The Bertz CT molecular complexity index is 969. The minimum Gasteiger partial charge on any atom is -0.495 e. The number of carbonyl (C=O) groups is 2.